The van der Waals surface area contributed by atoms with E-state index in [0.29, 0.717) is 0 Å². The Morgan fingerprint density at radius 2 is 2.36 bits per heavy atom. The van der Waals surface area contributed by atoms with E-state index in [2.05, 4.69) is 16.4 Å². The van der Waals surface area contributed by atoms with E-state index in [0.717, 1.165) is 29.9 Å². The number of hydrogen-bond donors (Lipinski definition) is 2. The number of nitrogens with zero attached hydrogens (tertiary/aromatic N) is 1. The minimum Gasteiger partial charge on any atom is -0.397 e. The molecule has 0 bridgehead atoms. The molecule has 1 rings (SSSR count). The fourth-order valence-corrected chi connectivity index (χ4v) is 1.16. The molecule has 0 unspecified atom stereocenters. The molecule has 1 aromatic heterocycles. The summed E-state index contributed by atoms with van der Waals surface area (Å²) in [5, 5.41) is 3.07. The van der Waals surface area contributed by atoms with E-state index in [-0.39, 0.29) is 0 Å². The van der Waals surface area contributed by atoms with Crippen molar-refractivity contribution in [3.63, 3.8) is 0 Å². The molecule has 3 nitrogen and oxygen atoms in total. The lowest BCUT2D eigenvalue weighted by atomic mass is 10.2. The van der Waals surface area contributed by atoms with Gasteiger partial charge in [0, 0.05) is 6.20 Å². The van der Waals surface area contributed by atoms with Crippen molar-refractivity contribution in [1.82, 2.24) is 10.3 Å². The Kier molecular flexibility index (Phi) is 4.13. The van der Waals surface area contributed by atoms with E-state index < -0.39 is 0 Å². The lowest BCUT2D eigenvalue weighted by Crippen LogP contribution is -2.05. The molecule has 0 amide bonds. The molecule has 3 N–H and O–H groups in total. The minimum atomic E-state index is 0.741. The zero-order valence-corrected chi connectivity index (χ0v) is 8.75. The summed E-state index contributed by atoms with van der Waals surface area (Å²) in [6.07, 6.45) is 6.86. The van der Waals surface area contributed by atoms with Gasteiger partial charge in [-0.2, -0.15) is 0 Å². The largest absolute Gasteiger partial charge is 0.397 e. The maximum absolute atomic E-state index is 5.81. The molecule has 0 aliphatic heterocycles. The maximum atomic E-state index is 5.81. The second-order valence-electron chi connectivity index (χ2n) is 3.28. The van der Waals surface area contributed by atoms with E-state index in [4.69, 9.17) is 5.73 Å². The van der Waals surface area contributed by atoms with Gasteiger partial charge in [-0.1, -0.05) is 6.08 Å². The van der Waals surface area contributed by atoms with Crippen molar-refractivity contribution >= 4 is 11.8 Å². The molecule has 0 saturated carbocycles. The molecule has 76 valence electrons. The second kappa shape index (κ2) is 5.40. The van der Waals surface area contributed by atoms with Crippen LogP contribution in [0, 0.1) is 6.92 Å². The first kappa shape index (κ1) is 10.7. The summed E-state index contributed by atoms with van der Waals surface area (Å²) >= 11 is 0. The smallest absolute Gasteiger partial charge is 0.0855 e. The fourth-order valence-electron chi connectivity index (χ4n) is 1.16. The molecule has 0 atom stereocenters. The predicted molar refractivity (Wildman–Crippen MR) is 61.0 cm³/mol. The first-order valence-corrected chi connectivity index (χ1v) is 4.77. The lowest BCUT2D eigenvalue weighted by Gasteiger charge is -2.00. The molecule has 3 heteroatoms. The molecular formula is C11H17N3. The summed E-state index contributed by atoms with van der Waals surface area (Å²) in [4.78, 5) is 4.24. The average Bonchev–Trinajstić information content (AvgIpc) is 2.15. The first-order valence-electron chi connectivity index (χ1n) is 4.77. The number of hydrogen-bond acceptors (Lipinski definition) is 3. The Morgan fingerprint density at radius 3 is 3.00 bits per heavy atom. The lowest BCUT2D eigenvalue weighted by molar-refractivity contribution is 0.809. The van der Waals surface area contributed by atoms with Crippen molar-refractivity contribution in [3.05, 3.63) is 29.6 Å². The zero-order valence-electron chi connectivity index (χ0n) is 8.75. The summed E-state index contributed by atoms with van der Waals surface area (Å²) < 4.78 is 0. The monoisotopic (exact) mass is 191 g/mol. The summed E-state index contributed by atoms with van der Waals surface area (Å²) in [7, 11) is 1.94. The molecular weight excluding hydrogens is 174 g/mol. The van der Waals surface area contributed by atoms with Crippen molar-refractivity contribution in [1.29, 1.82) is 0 Å². The van der Waals surface area contributed by atoms with Crippen LogP contribution in [0.15, 0.2) is 18.3 Å². The zero-order chi connectivity index (χ0) is 10.4. The molecule has 0 aliphatic rings. The van der Waals surface area contributed by atoms with E-state index in [1.165, 1.54) is 0 Å². The number of nitrogens with one attached hydrogen (secondary N) is 1. The van der Waals surface area contributed by atoms with Gasteiger partial charge in [-0.3, -0.25) is 4.98 Å². The quantitative estimate of drug-likeness (QED) is 0.711. The van der Waals surface area contributed by atoms with E-state index in [1.807, 2.05) is 32.3 Å². The Morgan fingerprint density at radius 1 is 1.57 bits per heavy atom. The van der Waals surface area contributed by atoms with Gasteiger partial charge in [-0.05, 0) is 44.6 Å². The fraction of sp³-hybridized carbons (Fsp3) is 0.364. The van der Waals surface area contributed by atoms with Gasteiger partial charge in [0.1, 0.15) is 0 Å². The number of aryl methyl sites for hydroxylation is 1. The normalized spacial score (nSPS) is 11.0. The van der Waals surface area contributed by atoms with Crippen molar-refractivity contribution in [2.75, 3.05) is 19.3 Å². The summed E-state index contributed by atoms with van der Waals surface area (Å²) in [6.45, 7) is 2.96. The van der Waals surface area contributed by atoms with Gasteiger partial charge in [0.25, 0.3) is 0 Å². The van der Waals surface area contributed by atoms with Crippen LogP contribution in [0.25, 0.3) is 6.08 Å². The number of aromatic nitrogens is 1. The second-order valence-corrected chi connectivity index (χ2v) is 3.28. The highest BCUT2D eigenvalue weighted by atomic mass is 14.8. The van der Waals surface area contributed by atoms with Gasteiger partial charge in [0.15, 0.2) is 0 Å². The molecule has 0 aliphatic carbocycles. The van der Waals surface area contributed by atoms with Crippen LogP contribution in [0.5, 0.6) is 0 Å². The molecule has 0 radical (unpaired) electrons. The molecule has 0 spiro atoms. The highest BCUT2D eigenvalue weighted by molar-refractivity contribution is 5.60. The average molecular weight is 191 g/mol. The van der Waals surface area contributed by atoms with Crippen LogP contribution in [0.4, 0.5) is 5.69 Å². The molecule has 0 saturated heterocycles. The Hall–Kier alpha value is -1.35. The van der Waals surface area contributed by atoms with Crippen LogP contribution < -0.4 is 11.1 Å². The number of nitrogens with two attached hydrogens (primary N) is 1. The Labute approximate surface area is 85.0 Å². The van der Waals surface area contributed by atoms with Crippen LogP contribution in [0.3, 0.4) is 0 Å². The minimum absolute atomic E-state index is 0.741. The van der Waals surface area contributed by atoms with Crippen LogP contribution in [-0.4, -0.2) is 18.6 Å². The highest BCUT2D eigenvalue weighted by Gasteiger charge is 1.95. The van der Waals surface area contributed by atoms with Crippen LogP contribution in [-0.2, 0) is 0 Å². The number of pyridine rings is 1. The summed E-state index contributed by atoms with van der Waals surface area (Å²) in [6, 6.07) is 1.94. The molecule has 1 aromatic rings. The Bertz CT molecular complexity index is 318. The Balaban J connectivity index is 2.62. The maximum Gasteiger partial charge on any atom is 0.0855 e. The molecule has 1 heterocycles. The molecule has 0 fully saturated rings. The number of rotatable bonds is 4. The van der Waals surface area contributed by atoms with E-state index >= 15 is 0 Å². The van der Waals surface area contributed by atoms with Gasteiger partial charge in [-0.25, -0.2) is 0 Å². The third-order valence-corrected chi connectivity index (χ3v) is 1.92. The topological polar surface area (TPSA) is 50.9 Å². The van der Waals surface area contributed by atoms with Gasteiger partial charge in [0.2, 0.25) is 0 Å². The van der Waals surface area contributed by atoms with Crippen LogP contribution in [0.1, 0.15) is 17.7 Å². The van der Waals surface area contributed by atoms with Crippen molar-refractivity contribution < 1.29 is 0 Å². The number of nitrogen functional groups attached to an aromatic ring is 1. The van der Waals surface area contributed by atoms with Crippen LogP contribution in [0.2, 0.25) is 0 Å². The third-order valence-electron chi connectivity index (χ3n) is 1.92. The SMILES string of the molecule is CNCCC=Cc1ncc(C)cc1N. The molecule has 14 heavy (non-hydrogen) atoms. The summed E-state index contributed by atoms with van der Waals surface area (Å²) in [5.41, 5.74) is 8.49. The van der Waals surface area contributed by atoms with Gasteiger partial charge >= 0.3 is 0 Å². The summed E-state index contributed by atoms with van der Waals surface area (Å²) in [5.74, 6) is 0. The predicted octanol–water partition coefficient (Wildman–Crippen LogP) is 1.59. The first-order chi connectivity index (χ1) is 6.74. The molecule has 0 aromatic carbocycles. The van der Waals surface area contributed by atoms with Gasteiger partial charge < -0.3 is 11.1 Å². The third kappa shape index (κ3) is 3.18. The van der Waals surface area contributed by atoms with Gasteiger partial charge in [-0.15, -0.1) is 0 Å². The van der Waals surface area contributed by atoms with Crippen LogP contribution >= 0.6 is 0 Å². The van der Waals surface area contributed by atoms with E-state index in [1.54, 1.807) is 0 Å². The standard InChI is InChI=1S/C11H17N3/c1-9-7-10(12)11(14-8-9)5-3-4-6-13-2/h3,5,7-8,13H,4,6,12H2,1-2H3. The number of anilines is 1. The van der Waals surface area contributed by atoms with E-state index in [9.17, 15) is 0 Å². The van der Waals surface area contributed by atoms with Crippen molar-refractivity contribution in [3.8, 4) is 0 Å². The van der Waals surface area contributed by atoms with Crippen molar-refractivity contribution in [2.24, 2.45) is 0 Å². The highest BCUT2D eigenvalue weighted by Crippen LogP contribution is 2.11. The van der Waals surface area contributed by atoms with Crippen molar-refractivity contribution in [2.45, 2.75) is 13.3 Å². The van der Waals surface area contributed by atoms with Gasteiger partial charge in [0.05, 0.1) is 11.4 Å².